The number of hydrogen-bond donors (Lipinski definition) is 1. The molecule has 0 spiro atoms. The molecule has 7 nitrogen and oxygen atoms in total. The van der Waals surface area contributed by atoms with Crippen molar-refractivity contribution in [3.63, 3.8) is 0 Å². The van der Waals surface area contributed by atoms with E-state index >= 15 is 0 Å². The van der Waals surface area contributed by atoms with E-state index < -0.39 is 27.4 Å². The van der Waals surface area contributed by atoms with Crippen LogP contribution in [0.1, 0.15) is 0 Å². The van der Waals surface area contributed by atoms with E-state index in [0.29, 0.717) is 10.9 Å². The molecule has 1 aromatic heterocycles. The van der Waals surface area contributed by atoms with E-state index in [2.05, 4.69) is 5.32 Å². The number of carbonyl (C=O) groups excluding carboxylic acids is 1. The first-order valence-electron chi connectivity index (χ1n) is 8.97. The van der Waals surface area contributed by atoms with Gasteiger partial charge in [0.15, 0.2) is 16.4 Å². The lowest BCUT2D eigenvalue weighted by atomic mass is 10.0. The molecule has 0 radical (unpaired) electrons. The highest BCUT2D eigenvalue weighted by molar-refractivity contribution is 7.94. The number of fused-ring (bicyclic) bond motifs is 1. The van der Waals surface area contributed by atoms with E-state index in [1.165, 1.54) is 18.2 Å². The predicted octanol–water partition coefficient (Wildman–Crippen LogP) is 2.92. The van der Waals surface area contributed by atoms with Gasteiger partial charge in [-0.1, -0.05) is 41.9 Å². The monoisotopic (exact) mass is 445 g/mol. The van der Waals surface area contributed by atoms with Gasteiger partial charge >= 0.3 is 5.63 Å². The number of amides is 1. The van der Waals surface area contributed by atoms with E-state index in [1.807, 2.05) is 30.3 Å². The Hall–Kier alpha value is -3.10. The van der Waals surface area contributed by atoms with E-state index in [0.717, 1.165) is 11.0 Å². The van der Waals surface area contributed by atoms with Crippen molar-refractivity contribution in [3.8, 4) is 16.9 Å². The van der Waals surface area contributed by atoms with Crippen LogP contribution in [0.25, 0.3) is 22.1 Å². The molecule has 4 rings (SSSR count). The van der Waals surface area contributed by atoms with Crippen LogP contribution in [0.2, 0.25) is 5.02 Å². The van der Waals surface area contributed by atoms with Gasteiger partial charge < -0.3 is 14.5 Å². The van der Waals surface area contributed by atoms with Crippen molar-refractivity contribution in [1.82, 2.24) is 5.32 Å². The van der Waals surface area contributed by atoms with Crippen LogP contribution in [0.3, 0.4) is 0 Å². The van der Waals surface area contributed by atoms with Crippen molar-refractivity contribution in [2.45, 2.75) is 6.04 Å². The summed E-state index contributed by atoms with van der Waals surface area (Å²) in [6.07, 6.45) is 1.41. The van der Waals surface area contributed by atoms with Crippen molar-refractivity contribution >= 4 is 38.3 Å². The normalized spacial score (nSPS) is 17.2. The molecule has 1 N–H and O–H groups in total. The molecule has 0 saturated carbocycles. The standard InChI is InChI=1S/C21H16ClNO6S/c22-17-8-16-15(13-4-2-1-3-5-13)9-21(25)29-18(16)10-19(17)28-11-20(24)23-14-6-7-30(26,27)12-14/h1-10,14H,11-12H2,(H,23,24). The Morgan fingerprint density at radius 1 is 1.20 bits per heavy atom. The fraction of sp³-hybridized carbons (Fsp3) is 0.143. The third kappa shape index (κ3) is 4.39. The molecule has 30 heavy (non-hydrogen) atoms. The summed E-state index contributed by atoms with van der Waals surface area (Å²) in [5.41, 5.74) is 1.24. The second kappa shape index (κ2) is 7.97. The molecule has 0 fully saturated rings. The van der Waals surface area contributed by atoms with Crippen LogP contribution in [-0.2, 0) is 14.6 Å². The lowest BCUT2D eigenvalue weighted by Crippen LogP contribution is -2.38. The smallest absolute Gasteiger partial charge is 0.336 e. The average molecular weight is 446 g/mol. The number of hydrogen-bond acceptors (Lipinski definition) is 6. The number of benzene rings is 2. The van der Waals surface area contributed by atoms with Gasteiger partial charge in [0.2, 0.25) is 0 Å². The van der Waals surface area contributed by atoms with Gasteiger partial charge in [0, 0.05) is 22.9 Å². The molecule has 154 valence electrons. The molecule has 2 aromatic carbocycles. The zero-order valence-electron chi connectivity index (χ0n) is 15.5. The Labute approximate surface area is 176 Å². The number of carbonyl (C=O) groups is 1. The molecule has 0 bridgehead atoms. The van der Waals surface area contributed by atoms with Gasteiger partial charge in [-0.15, -0.1) is 0 Å². The molecule has 0 saturated heterocycles. The van der Waals surface area contributed by atoms with Crippen LogP contribution in [-0.4, -0.2) is 32.7 Å². The fourth-order valence-corrected chi connectivity index (χ4v) is 4.64. The van der Waals surface area contributed by atoms with Gasteiger partial charge in [-0.3, -0.25) is 4.79 Å². The lowest BCUT2D eigenvalue weighted by Gasteiger charge is -2.13. The minimum Gasteiger partial charge on any atom is -0.482 e. The quantitative estimate of drug-likeness (QED) is 0.606. The summed E-state index contributed by atoms with van der Waals surface area (Å²) in [6.45, 7) is -0.377. The highest BCUT2D eigenvalue weighted by atomic mass is 35.5. The van der Waals surface area contributed by atoms with E-state index in [-0.39, 0.29) is 28.7 Å². The highest BCUT2D eigenvalue weighted by Crippen LogP contribution is 2.34. The summed E-state index contributed by atoms with van der Waals surface area (Å²) in [6, 6.07) is 13.2. The van der Waals surface area contributed by atoms with Crippen LogP contribution in [0.5, 0.6) is 5.75 Å². The molecule has 1 atom stereocenters. The maximum Gasteiger partial charge on any atom is 0.336 e. The fourth-order valence-electron chi connectivity index (χ4n) is 3.19. The van der Waals surface area contributed by atoms with Gasteiger partial charge in [-0.05, 0) is 23.3 Å². The molecule has 9 heteroatoms. The van der Waals surface area contributed by atoms with Crippen molar-refractivity contribution in [2.24, 2.45) is 0 Å². The SMILES string of the molecule is O=C(COc1cc2oc(=O)cc(-c3ccccc3)c2cc1Cl)NC1C=CS(=O)(=O)C1. The van der Waals surface area contributed by atoms with Crippen molar-refractivity contribution in [3.05, 3.63) is 75.5 Å². The van der Waals surface area contributed by atoms with Crippen LogP contribution < -0.4 is 15.7 Å². The molecule has 1 unspecified atom stereocenters. The Morgan fingerprint density at radius 2 is 1.97 bits per heavy atom. The highest BCUT2D eigenvalue weighted by Gasteiger charge is 2.23. The summed E-state index contributed by atoms with van der Waals surface area (Å²) in [7, 11) is -3.27. The molecule has 1 aliphatic rings. The Morgan fingerprint density at radius 3 is 2.67 bits per heavy atom. The molecular weight excluding hydrogens is 430 g/mol. The van der Waals surface area contributed by atoms with E-state index in [9.17, 15) is 18.0 Å². The first kappa shape index (κ1) is 20.2. The third-order valence-electron chi connectivity index (χ3n) is 4.52. The largest absolute Gasteiger partial charge is 0.482 e. The molecule has 1 amide bonds. The second-order valence-electron chi connectivity index (χ2n) is 6.74. The lowest BCUT2D eigenvalue weighted by molar-refractivity contribution is -0.123. The summed E-state index contributed by atoms with van der Waals surface area (Å²) >= 11 is 6.33. The van der Waals surface area contributed by atoms with Crippen molar-refractivity contribution < 1.29 is 22.4 Å². The van der Waals surface area contributed by atoms with Gasteiger partial charge in [0.05, 0.1) is 16.8 Å². The minimum atomic E-state index is -3.27. The zero-order chi connectivity index (χ0) is 21.3. The van der Waals surface area contributed by atoms with Crippen LogP contribution >= 0.6 is 11.6 Å². The number of nitrogens with one attached hydrogen (secondary N) is 1. The summed E-state index contributed by atoms with van der Waals surface area (Å²) in [5, 5.41) is 4.50. The van der Waals surface area contributed by atoms with Crippen LogP contribution in [0.15, 0.2) is 69.2 Å². The predicted molar refractivity (Wildman–Crippen MR) is 113 cm³/mol. The maximum atomic E-state index is 12.1. The minimum absolute atomic E-state index is 0.169. The molecule has 0 aliphatic carbocycles. The van der Waals surface area contributed by atoms with Crippen molar-refractivity contribution in [1.29, 1.82) is 0 Å². The summed E-state index contributed by atoms with van der Waals surface area (Å²) in [4.78, 5) is 24.1. The molecule has 2 heterocycles. The van der Waals surface area contributed by atoms with Crippen LogP contribution in [0.4, 0.5) is 0 Å². The van der Waals surface area contributed by atoms with E-state index in [1.54, 1.807) is 6.07 Å². The first-order chi connectivity index (χ1) is 14.3. The van der Waals surface area contributed by atoms with Gasteiger partial charge in [0.1, 0.15) is 11.3 Å². The topological polar surface area (TPSA) is 103 Å². The maximum absolute atomic E-state index is 12.1. The number of ether oxygens (including phenoxy) is 1. The van der Waals surface area contributed by atoms with E-state index in [4.69, 9.17) is 20.8 Å². The summed E-state index contributed by atoms with van der Waals surface area (Å²) in [5.74, 6) is -0.511. The molecular formula is C21H16ClNO6S. The second-order valence-corrected chi connectivity index (χ2v) is 9.08. The Balaban J connectivity index is 1.56. The Bertz CT molecular complexity index is 1310. The van der Waals surface area contributed by atoms with Crippen LogP contribution in [0, 0.1) is 0 Å². The first-order valence-corrected chi connectivity index (χ1v) is 11.1. The number of sulfone groups is 1. The molecule has 3 aromatic rings. The third-order valence-corrected chi connectivity index (χ3v) is 6.21. The van der Waals surface area contributed by atoms with Gasteiger partial charge in [0.25, 0.3) is 5.91 Å². The van der Waals surface area contributed by atoms with Gasteiger partial charge in [-0.2, -0.15) is 0 Å². The van der Waals surface area contributed by atoms with Crippen molar-refractivity contribution in [2.75, 3.05) is 12.4 Å². The average Bonchev–Trinajstić information content (AvgIpc) is 3.05. The number of halogens is 1. The van der Waals surface area contributed by atoms with Gasteiger partial charge in [-0.25, -0.2) is 13.2 Å². The summed E-state index contributed by atoms with van der Waals surface area (Å²) < 4.78 is 33.6. The number of rotatable bonds is 5. The molecule has 1 aliphatic heterocycles. The zero-order valence-corrected chi connectivity index (χ0v) is 17.1. The Kier molecular flexibility index (Phi) is 5.36.